The maximum atomic E-state index is 12.3. The van der Waals surface area contributed by atoms with Crippen LogP contribution >= 0.6 is 11.5 Å². The van der Waals surface area contributed by atoms with Gasteiger partial charge in [0.2, 0.25) is 10.0 Å². The molecule has 0 aliphatic carbocycles. The van der Waals surface area contributed by atoms with Crippen molar-refractivity contribution in [2.45, 2.75) is 17.9 Å². The maximum Gasteiger partial charge on any atom is 0.249 e. The minimum Gasteiger partial charge on any atom is -0.382 e. The standard InChI is InChI=1S/C10H18N4O3S2/c1-7-6-14(4-5-17-7)10-8(9(11)12-18-10)19(15,16)13(2)3/h7H,4-6H2,1-3H3,(H2,11,12). The molecule has 0 amide bonds. The van der Waals surface area contributed by atoms with E-state index in [0.717, 1.165) is 15.8 Å². The zero-order chi connectivity index (χ0) is 14.2. The largest absolute Gasteiger partial charge is 0.382 e. The Morgan fingerprint density at radius 2 is 2.21 bits per heavy atom. The molecule has 2 N–H and O–H groups in total. The van der Waals surface area contributed by atoms with Crippen molar-refractivity contribution in [1.29, 1.82) is 0 Å². The zero-order valence-electron chi connectivity index (χ0n) is 11.2. The van der Waals surface area contributed by atoms with Crippen molar-refractivity contribution < 1.29 is 13.2 Å². The van der Waals surface area contributed by atoms with Crippen LogP contribution in [0.4, 0.5) is 10.8 Å². The third-order valence-corrected chi connectivity index (χ3v) is 5.86. The Bertz CT molecular complexity index is 555. The van der Waals surface area contributed by atoms with Crippen molar-refractivity contribution in [3.63, 3.8) is 0 Å². The number of aromatic nitrogens is 1. The number of nitrogens with two attached hydrogens (primary N) is 1. The van der Waals surface area contributed by atoms with Gasteiger partial charge >= 0.3 is 0 Å². The van der Waals surface area contributed by atoms with Gasteiger partial charge in [0.15, 0.2) is 10.7 Å². The fraction of sp³-hybridized carbons (Fsp3) is 0.700. The fourth-order valence-corrected chi connectivity index (χ4v) is 4.17. The van der Waals surface area contributed by atoms with E-state index in [-0.39, 0.29) is 16.8 Å². The van der Waals surface area contributed by atoms with E-state index >= 15 is 0 Å². The van der Waals surface area contributed by atoms with Gasteiger partial charge in [-0.15, -0.1) is 0 Å². The molecule has 1 atom stereocenters. The van der Waals surface area contributed by atoms with Gasteiger partial charge in [0.05, 0.1) is 12.7 Å². The Labute approximate surface area is 117 Å². The van der Waals surface area contributed by atoms with Crippen LogP contribution in [0.3, 0.4) is 0 Å². The summed E-state index contributed by atoms with van der Waals surface area (Å²) in [7, 11) is -0.619. The molecule has 1 aliphatic rings. The van der Waals surface area contributed by atoms with E-state index in [9.17, 15) is 8.42 Å². The van der Waals surface area contributed by atoms with Gasteiger partial charge in [-0.2, -0.15) is 4.37 Å². The Morgan fingerprint density at radius 3 is 2.79 bits per heavy atom. The first-order chi connectivity index (χ1) is 8.84. The van der Waals surface area contributed by atoms with Gasteiger partial charge in [-0.05, 0) is 18.5 Å². The Morgan fingerprint density at radius 1 is 1.53 bits per heavy atom. The van der Waals surface area contributed by atoms with E-state index in [1.54, 1.807) is 0 Å². The lowest BCUT2D eigenvalue weighted by atomic mass is 10.3. The highest BCUT2D eigenvalue weighted by molar-refractivity contribution is 7.89. The molecule has 0 aromatic carbocycles. The molecule has 1 saturated heterocycles. The van der Waals surface area contributed by atoms with E-state index in [0.29, 0.717) is 24.7 Å². The van der Waals surface area contributed by atoms with Crippen LogP contribution in [-0.2, 0) is 14.8 Å². The number of hydrogen-bond donors (Lipinski definition) is 1. The van der Waals surface area contributed by atoms with Gasteiger partial charge < -0.3 is 15.4 Å². The van der Waals surface area contributed by atoms with Gasteiger partial charge in [-0.1, -0.05) is 0 Å². The summed E-state index contributed by atoms with van der Waals surface area (Å²) in [6.07, 6.45) is 0.0620. The van der Waals surface area contributed by atoms with Gasteiger partial charge in [0.25, 0.3) is 0 Å². The zero-order valence-corrected chi connectivity index (χ0v) is 12.8. The molecule has 1 aromatic rings. The molecule has 1 aliphatic heterocycles. The normalized spacial score (nSPS) is 21.1. The molecule has 1 unspecified atom stereocenters. The minimum atomic E-state index is -3.59. The van der Waals surface area contributed by atoms with Gasteiger partial charge in [-0.25, -0.2) is 12.7 Å². The first kappa shape index (κ1) is 14.5. The highest BCUT2D eigenvalue weighted by atomic mass is 32.2. The summed E-state index contributed by atoms with van der Waals surface area (Å²) in [5.41, 5.74) is 5.74. The summed E-state index contributed by atoms with van der Waals surface area (Å²) in [6, 6.07) is 0. The second-order valence-electron chi connectivity index (χ2n) is 4.62. The smallest absolute Gasteiger partial charge is 0.249 e. The first-order valence-corrected chi connectivity index (χ1v) is 8.09. The molecule has 7 nitrogen and oxygen atoms in total. The molecule has 1 fully saturated rings. The third kappa shape index (κ3) is 2.69. The van der Waals surface area contributed by atoms with Crippen LogP contribution in [0.5, 0.6) is 0 Å². The van der Waals surface area contributed by atoms with E-state index in [2.05, 4.69) is 4.37 Å². The molecule has 2 heterocycles. The molecular weight excluding hydrogens is 288 g/mol. The molecule has 19 heavy (non-hydrogen) atoms. The molecule has 0 spiro atoms. The lowest BCUT2D eigenvalue weighted by Crippen LogP contribution is -2.41. The van der Waals surface area contributed by atoms with E-state index in [4.69, 9.17) is 10.5 Å². The van der Waals surface area contributed by atoms with Crippen molar-refractivity contribution in [2.75, 3.05) is 44.4 Å². The highest BCUT2D eigenvalue weighted by Gasteiger charge is 2.31. The van der Waals surface area contributed by atoms with E-state index in [1.807, 2.05) is 11.8 Å². The molecule has 108 valence electrons. The predicted molar refractivity (Wildman–Crippen MR) is 75.0 cm³/mol. The number of anilines is 2. The van der Waals surface area contributed by atoms with Crippen molar-refractivity contribution in [3.05, 3.63) is 0 Å². The summed E-state index contributed by atoms with van der Waals surface area (Å²) < 4.78 is 35.2. The number of morpholine rings is 1. The quantitative estimate of drug-likeness (QED) is 0.858. The van der Waals surface area contributed by atoms with Crippen molar-refractivity contribution >= 4 is 32.4 Å². The summed E-state index contributed by atoms with van der Waals surface area (Å²) in [6.45, 7) is 3.80. The van der Waals surface area contributed by atoms with Crippen LogP contribution in [0, 0.1) is 0 Å². The maximum absolute atomic E-state index is 12.3. The summed E-state index contributed by atoms with van der Waals surface area (Å²) in [5.74, 6) is 0.0628. The van der Waals surface area contributed by atoms with Crippen LogP contribution in [0.2, 0.25) is 0 Å². The number of nitrogens with zero attached hydrogens (tertiary/aromatic N) is 3. The average Bonchev–Trinajstić information content (AvgIpc) is 2.71. The van der Waals surface area contributed by atoms with Crippen LogP contribution in [-0.4, -0.2) is 57.0 Å². The predicted octanol–water partition coefficient (Wildman–Crippen LogP) is 0.201. The van der Waals surface area contributed by atoms with Crippen molar-refractivity contribution in [3.8, 4) is 0 Å². The molecule has 0 saturated carbocycles. The fourth-order valence-electron chi connectivity index (χ4n) is 1.91. The van der Waals surface area contributed by atoms with Crippen molar-refractivity contribution in [1.82, 2.24) is 8.68 Å². The molecule has 2 rings (SSSR count). The lowest BCUT2D eigenvalue weighted by Gasteiger charge is -2.32. The topological polar surface area (TPSA) is 88.8 Å². The van der Waals surface area contributed by atoms with Gasteiger partial charge in [-0.3, -0.25) is 0 Å². The first-order valence-electron chi connectivity index (χ1n) is 5.88. The number of ether oxygens (including phenoxy) is 1. The van der Waals surface area contributed by atoms with Gasteiger partial charge in [0, 0.05) is 27.2 Å². The number of sulfonamides is 1. The molecular formula is C10H18N4O3S2. The highest BCUT2D eigenvalue weighted by Crippen LogP contribution is 2.36. The van der Waals surface area contributed by atoms with E-state index in [1.165, 1.54) is 14.1 Å². The Hall–Kier alpha value is -0.900. The second kappa shape index (κ2) is 5.23. The molecule has 0 bridgehead atoms. The summed E-state index contributed by atoms with van der Waals surface area (Å²) >= 11 is 1.12. The SMILES string of the molecule is CC1CN(c2snc(N)c2S(=O)(=O)N(C)C)CCO1. The number of hydrogen-bond acceptors (Lipinski definition) is 7. The Kier molecular flexibility index (Phi) is 4.00. The van der Waals surface area contributed by atoms with Gasteiger partial charge in [0.1, 0.15) is 5.00 Å². The van der Waals surface area contributed by atoms with Crippen LogP contribution < -0.4 is 10.6 Å². The summed E-state index contributed by atoms with van der Waals surface area (Å²) in [4.78, 5) is 2.08. The molecule has 9 heteroatoms. The third-order valence-electron chi connectivity index (χ3n) is 2.92. The summed E-state index contributed by atoms with van der Waals surface area (Å²) in [5, 5.41) is 0.598. The average molecular weight is 306 g/mol. The number of rotatable bonds is 3. The van der Waals surface area contributed by atoms with Crippen molar-refractivity contribution in [2.24, 2.45) is 0 Å². The Balaban J connectivity index is 2.43. The molecule has 1 aromatic heterocycles. The number of nitrogen functional groups attached to an aromatic ring is 1. The lowest BCUT2D eigenvalue weighted by molar-refractivity contribution is 0.0533. The second-order valence-corrected chi connectivity index (χ2v) is 7.46. The van der Waals surface area contributed by atoms with E-state index < -0.39 is 10.0 Å². The minimum absolute atomic E-state index is 0.0620. The van der Waals surface area contributed by atoms with Crippen LogP contribution in [0.25, 0.3) is 0 Å². The van der Waals surface area contributed by atoms with Crippen LogP contribution in [0.1, 0.15) is 6.92 Å². The monoisotopic (exact) mass is 306 g/mol. The van der Waals surface area contributed by atoms with Crippen LogP contribution in [0.15, 0.2) is 4.90 Å². The molecule has 0 radical (unpaired) electrons.